The van der Waals surface area contributed by atoms with Crippen molar-refractivity contribution in [2.45, 2.75) is 12.8 Å². The maximum atomic E-state index is 13.5. The summed E-state index contributed by atoms with van der Waals surface area (Å²) in [4.78, 5) is 28.9. The maximum Gasteiger partial charge on any atom is 0.415 e. The van der Waals surface area contributed by atoms with Gasteiger partial charge in [-0.2, -0.15) is 0 Å². The normalized spacial score (nSPS) is 15.9. The van der Waals surface area contributed by atoms with Crippen molar-refractivity contribution in [2.75, 3.05) is 13.1 Å². The lowest BCUT2D eigenvalue weighted by Crippen LogP contribution is -2.32. The molecule has 2 aliphatic rings. The van der Waals surface area contributed by atoms with Gasteiger partial charge >= 0.3 is 6.09 Å². The highest BCUT2D eigenvalue weighted by Gasteiger charge is 2.28. The van der Waals surface area contributed by atoms with Crippen molar-refractivity contribution in [3.05, 3.63) is 88.1 Å². The molecule has 2 heterocycles. The molecule has 0 fully saturated rings. The average molecular weight is 402 g/mol. The van der Waals surface area contributed by atoms with Crippen molar-refractivity contribution in [1.82, 2.24) is 9.88 Å². The van der Waals surface area contributed by atoms with Gasteiger partial charge in [-0.3, -0.25) is 9.69 Å². The summed E-state index contributed by atoms with van der Waals surface area (Å²) in [6.07, 6.45) is 3.85. The number of benzene rings is 2. The Kier molecular flexibility index (Phi) is 4.47. The van der Waals surface area contributed by atoms with E-state index in [0.29, 0.717) is 37.1 Å². The van der Waals surface area contributed by atoms with Crippen molar-refractivity contribution in [3.63, 3.8) is 0 Å². The third-order valence-corrected chi connectivity index (χ3v) is 5.63. The summed E-state index contributed by atoms with van der Waals surface area (Å²) < 4.78 is 19.0. The van der Waals surface area contributed by atoms with Gasteiger partial charge in [0.05, 0.1) is 0 Å². The van der Waals surface area contributed by atoms with E-state index in [9.17, 15) is 14.0 Å². The first-order valence-electron chi connectivity index (χ1n) is 9.83. The van der Waals surface area contributed by atoms with E-state index in [1.54, 1.807) is 29.3 Å². The Morgan fingerprint density at radius 1 is 1.00 bits per heavy atom. The molecule has 0 saturated carbocycles. The number of ether oxygens (including phenoxy) is 1. The highest BCUT2D eigenvalue weighted by Crippen LogP contribution is 2.31. The molecule has 5 rings (SSSR count). The third kappa shape index (κ3) is 3.30. The van der Waals surface area contributed by atoms with Gasteiger partial charge in [0, 0.05) is 36.7 Å². The molecule has 30 heavy (non-hydrogen) atoms. The van der Waals surface area contributed by atoms with Gasteiger partial charge in [-0.1, -0.05) is 30.3 Å². The minimum Gasteiger partial charge on any atom is -0.410 e. The number of amides is 1. The molecule has 0 atom stereocenters. The van der Waals surface area contributed by atoms with Crippen LogP contribution in [0.25, 0.3) is 21.9 Å². The van der Waals surface area contributed by atoms with Crippen molar-refractivity contribution >= 4 is 16.9 Å². The first kappa shape index (κ1) is 18.4. The van der Waals surface area contributed by atoms with E-state index in [1.165, 1.54) is 6.08 Å². The number of pyridine rings is 1. The van der Waals surface area contributed by atoms with Crippen LogP contribution >= 0.6 is 0 Å². The standard InChI is InChI=1S/C24H19FN2O3/c25-18-8-5-16-13-27(14-17(16)11-18)24(29)30-19-9-6-15(7-10-19)22-12-26-23(28)21-4-2-1-3-20(21)22/h1-4,6-7,9-12H,5,8,13-14H2,(H,26,28). The summed E-state index contributed by atoms with van der Waals surface area (Å²) in [5.74, 6) is 0.304. The van der Waals surface area contributed by atoms with Gasteiger partial charge in [0.2, 0.25) is 0 Å². The largest absolute Gasteiger partial charge is 0.415 e. The Hall–Kier alpha value is -3.67. The molecule has 6 heteroatoms. The second-order valence-electron chi connectivity index (χ2n) is 7.55. The monoisotopic (exact) mass is 402 g/mol. The second kappa shape index (κ2) is 7.30. The molecule has 0 bridgehead atoms. The molecule has 1 aliphatic heterocycles. The van der Waals surface area contributed by atoms with Gasteiger partial charge in [-0.25, -0.2) is 9.18 Å². The Morgan fingerprint density at radius 2 is 1.77 bits per heavy atom. The number of fused-ring (bicyclic) bond motifs is 1. The number of hydrogen-bond donors (Lipinski definition) is 1. The number of halogens is 1. The van der Waals surface area contributed by atoms with Crippen LogP contribution in [0.4, 0.5) is 9.18 Å². The summed E-state index contributed by atoms with van der Waals surface area (Å²) in [5, 5.41) is 1.49. The van der Waals surface area contributed by atoms with E-state index in [4.69, 9.17) is 4.74 Å². The predicted octanol–water partition coefficient (Wildman–Crippen LogP) is 4.95. The van der Waals surface area contributed by atoms with Crippen LogP contribution in [0.15, 0.2) is 82.6 Å². The molecule has 1 aliphatic carbocycles. The quantitative estimate of drug-likeness (QED) is 0.660. The van der Waals surface area contributed by atoms with Crippen molar-refractivity contribution in [2.24, 2.45) is 0 Å². The number of carbonyl (C=O) groups excluding carboxylic acids is 1. The molecule has 150 valence electrons. The molecule has 1 amide bonds. The third-order valence-electron chi connectivity index (χ3n) is 5.63. The Labute approximate surface area is 172 Å². The van der Waals surface area contributed by atoms with Crippen LogP contribution in [-0.4, -0.2) is 29.1 Å². The van der Waals surface area contributed by atoms with E-state index in [2.05, 4.69) is 4.98 Å². The topological polar surface area (TPSA) is 62.4 Å². The highest BCUT2D eigenvalue weighted by atomic mass is 19.1. The zero-order valence-corrected chi connectivity index (χ0v) is 16.2. The predicted molar refractivity (Wildman–Crippen MR) is 113 cm³/mol. The fourth-order valence-corrected chi connectivity index (χ4v) is 4.07. The maximum absolute atomic E-state index is 13.5. The number of nitrogens with zero attached hydrogens (tertiary/aromatic N) is 1. The van der Waals surface area contributed by atoms with Gasteiger partial charge in [0.15, 0.2) is 0 Å². The number of aromatic amines is 1. The van der Waals surface area contributed by atoms with Crippen LogP contribution in [0, 0.1) is 0 Å². The average Bonchev–Trinajstić information content (AvgIpc) is 3.18. The van der Waals surface area contributed by atoms with E-state index in [-0.39, 0.29) is 11.4 Å². The number of nitrogens with one attached hydrogen (secondary N) is 1. The van der Waals surface area contributed by atoms with E-state index < -0.39 is 6.09 Å². The van der Waals surface area contributed by atoms with Crippen LogP contribution in [0.1, 0.15) is 12.8 Å². The summed E-state index contributed by atoms with van der Waals surface area (Å²) in [7, 11) is 0. The van der Waals surface area contributed by atoms with E-state index in [0.717, 1.165) is 27.7 Å². The minimum atomic E-state index is -0.444. The van der Waals surface area contributed by atoms with E-state index >= 15 is 0 Å². The van der Waals surface area contributed by atoms with Crippen LogP contribution in [0.5, 0.6) is 5.75 Å². The van der Waals surface area contributed by atoms with E-state index in [1.807, 2.05) is 30.3 Å². The van der Waals surface area contributed by atoms with Crippen LogP contribution in [0.3, 0.4) is 0 Å². The van der Waals surface area contributed by atoms with Crippen molar-refractivity contribution in [3.8, 4) is 16.9 Å². The number of rotatable bonds is 2. The molecule has 1 aromatic heterocycles. The molecular formula is C24H19FN2O3. The van der Waals surface area contributed by atoms with Gasteiger partial charge in [0.1, 0.15) is 11.6 Å². The number of H-pyrrole nitrogens is 1. The Balaban J connectivity index is 1.33. The Morgan fingerprint density at radius 3 is 2.57 bits per heavy atom. The summed E-state index contributed by atoms with van der Waals surface area (Å²) in [6.45, 7) is 0.864. The van der Waals surface area contributed by atoms with Crippen molar-refractivity contribution < 1.29 is 13.9 Å². The minimum absolute atomic E-state index is 0.128. The lowest BCUT2D eigenvalue weighted by Gasteiger charge is -2.16. The fraction of sp³-hybridized carbons (Fsp3) is 0.167. The molecule has 5 nitrogen and oxygen atoms in total. The molecule has 0 radical (unpaired) electrons. The highest BCUT2D eigenvalue weighted by molar-refractivity contribution is 5.95. The first-order valence-corrected chi connectivity index (χ1v) is 9.83. The zero-order chi connectivity index (χ0) is 20.7. The summed E-state index contributed by atoms with van der Waals surface area (Å²) in [6, 6.07) is 14.6. The fourth-order valence-electron chi connectivity index (χ4n) is 4.07. The molecular weight excluding hydrogens is 383 g/mol. The molecule has 0 spiro atoms. The van der Waals surface area contributed by atoms with Gasteiger partial charge in [-0.15, -0.1) is 0 Å². The number of aromatic nitrogens is 1. The van der Waals surface area contributed by atoms with Crippen LogP contribution in [-0.2, 0) is 0 Å². The SMILES string of the molecule is O=C(Oc1ccc(-c2c[nH]c(=O)c3ccccc23)cc1)N1CC2=C(CCC(F)=C2)C1. The molecule has 0 saturated heterocycles. The molecule has 0 unspecified atom stereocenters. The van der Waals surface area contributed by atoms with Crippen LogP contribution in [0.2, 0.25) is 0 Å². The molecule has 1 N–H and O–H groups in total. The van der Waals surface area contributed by atoms with Gasteiger partial charge in [-0.05, 0) is 52.8 Å². The van der Waals surface area contributed by atoms with Crippen LogP contribution < -0.4 is 10.3 Å². The number of allylic oxidation sites excluding steroid dienone is 1. The lowest BCUT2D eigenvalue weighted by molar-refractivity contribution is 0.163. The lowest BCUT2D eigenvalue weighted by atomic mass is 10.00. The van der Waals surface area contributed by atoms with Gasteiger partial charge in [0.25, 0.3) is 5.56 Å². The smallest absolute Gasteiger partial charge is 0.410 e. The molecule has 2 aromatic carbocycles. The molecule has 3 aromatic rings. The second-order valence-corrected chi connectivity index (χ2v) is 7.55. The van der Waals surface area contributed by atoms with Gasteiger partial charge < -0.3 is 9.72 Å². The first-order chi connectivity index (χ1) is 14.6. The number of carbonyl (C=O) groups is 1. The summed E-state index contributed by atoms with van der Waals surface area (Å²) in [5.41, 5.74) is 3.66. The number of hydrogen-bond acceptors (Lipinski definition) is 3. The zero-order valence-electron chi connectivity index (χ0n) is 16.2. The summed E-state index contributed by atoms with van der Waals surface area (Å²) >= 11 is 0. The Bertz CT molecular complexity index is 1270. The van der Waals surface area contributed by atoms with Crippen molar-refractivity contribution in [1.29, 1.82) is 0 Å².